The highest BCUT2D eigenvalue weighted by atomic mass is 16.5. The number of nitrogens with zero attached hydrogens (tertiary/aromatic N) is 2. The minimum Gasteiger partial charge on any atom is -0.459 e. The second kappa shape index (κ2) is 13.3. The number of aromatic nitrogens is 2. The molecule has 3 amide bonds. The fourth-order valence-corrected chi connectivity index (χ4v) is 6.21. The molecule has 2 aromatic heterocycles. The average Bonchev–Trinajstić information content (AvgIpc) is 3.38. The molecule has 12 heteroatoms. The third-order valence-corrected chi connectivity index (χ3v) is 8.63. The first-order valence-corrected chi connectivity index (χ1v) is 15.1. The number of nitrogens with one attached hydrogen (secondary N) is 3. The highest BCUT2D eigenvalue weighted by molar-refractivity contribution is 6.02. The number of pyridine rings is 1. The number of hydrogen-bond acceptors (Lipinski definition) is 8. The van der Waals surface area contributed by atoms with E-state index in [1.165, 1.54) is 30.5 Å². The van der Waals surface area contributed by atoms with E-state index in [9.17, 15) is 24.0 Å². The van der Waals surface area contributed by atoms with Crippen LogP contribution in [-0.4, -0.2) is 51.6 Å². The monoisotopic (exact) mass is 603 g/mol. The van der Waals surface area contributed by atoms with E-state index in [-0.39, 0.29) is 41.6 Å². The number of aryl methyl sites for hydroxylation is 1. The molecule has 1 saturated heterocycles. The summed E-state index contributed by atoms with van der Waals surface area (Å²) in [5, 5.41) is 12.0. The van der Waals surface area contributed by atoms with E-state index in [0.29, 0.717) is 25.1 Å². The van der Waals surface area contributed by atoms with Gasteiger partial charge in [-0.2, -0.15) is 0 Å². The third-order valence-electron chi connectivity index (χ3n) is 8.63. The van der Waals surface area contributed by atoms with Crippen molar-refractivity contribution in [1.82, 2.24) is 20.4 Å². The average molecular weight is 604 g/mol. The molecular weight excluding hydrogens is 566 g/mol. The number of rotatable bonds is 10. The van der Waals surface area contributed by atoms with Gasteiger partial charge >= 0.3 is 5.97 Å². The van der Waals surface area contributed by atoms with Crippen LogP contribution in [0.3, 0.4) is 0 Å². The molecule has 2 aromatic rings. The molecule has 232 valence electrons. The molecule has 1 aliphatic heterocycles. The van der Waals surface area contributed by atoms with Gasteiger partial charge < -0.3 is 29.8 Å². The van der Waals surface area contributed by atoms with Gasteiger partial charge in [0.15, 0.2) is 5.69 Å². The predicted molar refractivity (Wildman–Crippen MR) is 159 cm³/mol. The molecule has 0 radical (unpaired) electrons. The molecule has 5 rings (SSSR count). The maximum atomic E-state index is 13.8. The van der Waals surface area contributed by atoms with Crippen LogP contribution >= 0.6 is 0 Å². The van der Waals surface area contributed by atoms with E-state index in [2.05, 4.69) is 27.0 Å². The fourth-order valence-electron chi connectivity index (χ4n) is 6.21. The molecule has 2 unspecified atom stereocenters. The summed E-state index contributed by atoms with van der Waals surface area (Å²) < 4.78 is 11.8. The quantitative estimate of drug-likeness (QED) is 0.162. The van der Waals surface area contributed by atoms with E-state index in [4.69, 9.17) is 15.7 Å². The van der Waals surface area contributed by atoms with E-state index in [1.54, 1.807) is 13.0 Å². The van der Waals surface area contributed by atoms with Gasteiger partial charge in [0.25, 0.3) is 11.5 Å². The summed E-state index contributed by atoms with van der Waals surface area (Å²) in [4.78, 5) is 65.2. The van der Waals surface area contributed by atoms with Crippen LogP contribution in [0.5, 0.6) is 0 Å². The van der Waals surface area contributed by atoms with Crippen molar-refractivity contribution in [3.05, 3.63) is 58.4 Å². The summed E-state index contributed by atoms with van der Waals surface area (Å²) in [6.07, 6.45) is 16.7. The number of terminal acetylenes is 1. The second-order valence-electron chi connectivity index (χ2n) is 11.7. The van der Waals surface area contributed by atoms with Crippen molar-refractivity contribution >= 4 is 29.4 Å². The molecular formula is C32H37N5O7. The van der Waals surface area contributed by atoms with Crippen molar-refractivity contribution in [3.8, 4) is 12.3 Å². The van der Waals surface area contributed by atoms with Crippen molar-refractivity contribution in [2.45, 2.75) is 82.4 Å². The highest BCUT2D eigenvalue weighted by Gasteiger charge is 2.59. The Morgan fingerprint density at radius 1 is 1.25 bits per heavy atom. The van der Waals surface area contributed by atoms with E-state index in [0.717, 1.165) is 43.1 Å². The zero-order valence-corrected chi connectivity index (χ0v) is 24.7. The van der Waals surface area contributed by atoms with Gasteiger partial charge in [-0.25, -0.2) is 4.79 Å². The van der Waals surface area contributed by atoms with Crippen LogP contribution in [0.25, 0.3) is 0 Å². The van der Waals surface area contributed by atoms with Gasteiger partial charge in [-0.05, 0) is 63.5 Å². The smallest absolute Gasteiger partial charge is 0.330 e. The van der Waals surface area contributed by atoms with Crippen LogP contribution < -0.4 is 21.5 Å². The number of anilines is 1. The standard InChI is InChI=1S/C32H37N5O7/c1-3-9-26(37-17-8-12-24(31(37)42)34-29(40)25-18-20(2)44-36-25)30(41)35-32(19-23(32)22-14-16-33-28(22)39)15-13-27(38)43-21-10-6-4-5-7-11-21/h1,8,12-13,15,17-18,21-23,26H,4-7,9-11,14,16,19H2,2H3,(H,33,39)(H,34,40)(H,35,41)/b15-13+/t22?,23?,26-,32-/m0/s1. The Kier molecular flexibility index (Phi) is 9.32. The van der Waals surface area contributed by atoms with E-state index >= 15 is 0 Å². The lowest BCUT2D eigenvalue weighted by Gasteiger charge is -2.23. The Balaban J connectivity index is 1.35. The molecule has 44 heavy (non-hydrogen) atoms. The fraction of sp³-hybridized carbons (Fsp3) is 0.500. The van der Waals surface area contributed by atoms with Crippen LogP contribution in [0.1, 0.15) is 80.1 Å². The maximum absolute atomic E-state index is 13.8. The zero-order chi connectivity index (χ0) is 31.3. The minimum atomic E-state index is -1.12. The second-order valence-corrected chi connectivity index (χ2v) is 11.7. The first-order valence-electron chi connectivity index (χ1n) is 15.1. The summed E-state index contributed by atoms with van der Waals surface area (Å²) in [6.45, 7) is 2.17. The van der Waals surface area contributed by atoms with Crippen molar-refractivity contribution in [2.75, 3.05) is 11.9 Å². The number of hydrogen-bond donors (Lipinski definition) is 3. The Bertz CT molecular complexity index is 1540. The third kappa shape index (κ3) is 6.93. The number of ether oxygens (including phenoxy) is 1. The van der Waals surface area contributed by atoms with Crippen LogP contribution in [-0.2, 0) is 19.1 Å². The summed E-state index contributed by atoms with van der Waals surface area (Å²) in [7, 11) is 0. The van der Waals surface area contributed by atoms with Crippen LogP contribution in [0.2, 0.25) is 0 Å². The molecule has 3 heterocycles. The van der Waals surface area contributed by atoms with E-state index < -0.39 is 34.9 Å². The van der Waals surface area contributed by atoms with Gasteiger partial charge in [0.1, 0.15) is 23.6 Å². The lowest BCUT2D eigenvalue weighted by atomic mass is 9.97. The first kappa shape index (κ1) is 30.8. The van der Waals surface area contributed by atoms with Crippen molar-refractivity contribution in [1.29, 1.82) is 0 Å². The molecule has 2 saturated carbocycles. The van der Waals surface area contributed by atoms with Crippen molar-refractivity contribution in [3.63, 3.8) is 0 Å². The largest absolute Gasteiger partial charge is 0.459 e. The molecule has 3 N–H and O–H groups in total. The topological polar surface area (TPSA) is 162 Å². The van der Waals surface area contributed by atoms with Crippen LogP contribution in [0.4, 0.5) is 5.69 Å². The number of amides is 3. The van der Waals surface area contributed by atoms with E-state index in [1.807, 2.05) is 0 Å². The van der Waals surface area contributed by atoms with Crippen molar-refractivity contribution < 1.29 is 28.4 Å². The summed E-state index contributed by atoms with van der Waals surface area (Å²) in [5.74, 6) is 0.533. The summed E-state index contributed by atoms with van der Waals surface area (Å²) >= 11 is 0. The maximum Gasteiger partial charge on any atom is 0.330 e. The lowest BCUT2D eigenvalue weighted by Crippen LogP contribution is -2.45. The molecule has 2 aliphatic carbocycles. The van der Waals surface area contributed by atoms with Gasteiger partial charge in [0.2, 0.25) is 11.8 Å². The summed E-state index contributed by atoms with van der Waals surface area (Å²) in [6, 6.07) is 3.24. The first-order chi connectivity index (χ1) is 21.2. The van der Waals surface area contributed by atoms with Gasteiger partial charge in [0.05, 0.1) is 5.54 Å². The van der Waals surface area contributed by atoms with Gasteiger partial charge in [-0.1, -0.05) is 24.1 Å². The molecule has 4 atom stereocenters. The molecule has 12 nitrogen and oxygen atoms in total. The van der Waals surface area contributed by atoms with Gasteiger partial charge in [-0.3, -0.25) is 19.2 Å². The van der Waals surface area contributed by atoms with Gasteiger partial charge in [0, 0.05) is 37.2 Å². The Morgan fingerprint density at radius 2 is 2.02 bits per heavy atom. The Labute approximate surface area is 255 Å². The molecule has 0 aromatic carbocycles. The summed E-state index contributed by atoms with van der Waals surface area (Å²) in [5.41, 5.74) is -1.71. The van der Waals surface area contributed by atoms with Gasteiger partial charge in [-0.15, -0.1) is 12.3 Å². The van der Waals surface area contributed by atoms with Crippen LogP contribution in [0, 0.1) is 31.1 Å². The molecule has 0 spiro atoms. The molecule has 3 fully saturated rings. The zero-order valence-electron chi connectivity index (χ0n) is 24.7. The van der Waals surface area contributed by atoms with Crippen molar-refractivity contribution in [2.24, 2.45) is 11.8 Å². The number of carbonyl (C=O) groups is 4. The Hall–Kier alpha value is -4.66. The molecule has 0 bridgehead atoms. The number of carbonyl (C=O) groups excluding carboxylic acids is 4. The number of esters is 1. The predicted octanol–water partition coefficient (Wildman–Crippen LogP) is 2.79. The normalized spacial score (nSPS) is 24.1. The SMILES string of the molecule is C#CC[C@@H](C(=O)N[C@@]1(/C=C/C(=O)OC2CCCCCC2)CC1C1CCNC1=O)n1cccc(NC(=O)c2cc(C)on2)c1=O. The lowest BCUT2D eigenvalue weighted by molar-refractivity contribution is -0.143. The van der Waals surface area contributed by atoms with Crippen LogP contribution in [0.15, 0.2) is 45.9 Å². The highest BCUT2D eigenvalue weighted by Crippen LogP contribution is 2.51. The minimum absolute atomic E-state index is 0.00255. The Morgan fingerprint density at radius 3 is 2.68 bits per heavy atom. The molecule has 3 aliphatic rings.